The monoisotopic (exact) mass is 342 g/mol. The highest BCUT2D eigenvalue weighted by molar-refractivity contribution is 7.99. The first-order valence-corrected chi connectivity index (χ1v) is 8.68. The Morgan fingerprint density at radius 2 is 1.67 bits per heavy atom. The maximum Gasteiger partial charge on any atom is 0.250 e. The van der Waals surface area contributed by atoms with Crippen molar-refractivity contribution in [3.8, 4) is 0 Å². The summed E-state index contributed by atoms with van der Waals surface area (Å²) in [6.07, 6.45) is 1.69. The minimum Gasteiger partial charge on any atom is -0.272 e. The molecule has 1 aromatic carbocycles. The topological polar surface area (TPSA) is 67.2 Å². The van der Waals surface area contributed by atoms with E-state index in [1.807, 2.05) is 33.8 Å². The Balaban J connectivity index is 1.91. The van der Waals surface area contributed by atoms with Gasteiger partial charge in [-0.2, -0.15) is 5.10 Å². The van der Waals surface area contributed by atoms with E-state index in [4.69, 9.17) is 0 Å². The molecule has 24 heavy (non-hydrogen) atoms. The summed E-state index contributed by atoms with van der Waals surface area (Å²) in [5, 5.41) is 4.67. The van der Waals surface area contributed by atoms with Gasteiger partial charge in [-0.15, -0.1) is 0 Å². The van der Waals surface area contributed by atoms with E-state index in [0.29, 0.717) is 5.16 Å². The van der Waals surface area contributed by atoms with E-state index in [1.54, 1.807) is 6.21 Å². The molecule has 1 amide bonds. The van der Waals surface area contributed by atoms with E-state index in [0.717, 1.165) is 28.1 Å². The van der Waals surface area contributed by atoms with Crippen LogP contribution in [0.5, 0.6) is 0 Å². The van der Waals surface area contributed by atoms with Gasteiger partial charge >= 0.3 is 0 Å². The molecule has 1 aromatic heterocycles. The SMILES string of the molecule is Cc1cc(C)c(/C=N/NC(=O)CSc2nc(C)cc(C)n2)c(C)c1. The zero-order valence-electron chi connectivity index (χ0n) is 14.7. The number of carbonyl (C=O) groups excluding carboxylic acids is 1. The van der Waals surface area contributed by atoms with Gasteiger partial charge in [0.05, 0.1) is 12.0 Å². The van der Waals surface area contributed by atoms with Crippen LogP contribution in [0, 0.1) is 34.6 Å². The third-order valence-electron chi connectivity index (χ3n) is 3.42. The quantitative estimate of drug-likeness (QED) is 0.392. The maximum absolute atomic E-state index is 11.9. The predicted octanol–water partition coefficient (Wildman–Crippen LogP) is 3.26. The summed E-state index contributed by atoms with van der Waals surface area (Å²) in [7, 11) is 0. The second kappa shape index (κ2) is 8.06. The van der Waals surface area contributed by atoms with Crippen LogP contribution in [0.1, 0.15) is 33.6 Å². The lowest BCUT2D eigenvalue weighted by Gasteiger charge is -2.06. The zero-order chi connectivity index (χ0) is 17.7. The molecule has 0 saturated carbocycles. The van der Waals surface area contributed by atoms with Gasteiger partial charge < -0.3 is 0 Å². The van der Waals surface area contributed by atoms with Crippen molar-refractivity contribution >= 4 is 23.9 Å². The summed E-state index contributed by atoms with van der Waals surface area (Å²) in [6, 6.07) is 6.10. The standard InChI is InChI=1S/C18H22N4OS/c1-11-6-12(2)16(13(3)7-11)9-19-22-17(23)10-24-18-20-14(4)8-15(5)21-18/h6-9H,10H2,1-5H3,(H,22,23)/b19-9+. The van der Waals surface area contributed by atoms with E-state index in [9.17, 15) is 4.79 Å². The van der Waals surface area contributed by atoms with E-state index in [1.165, 1.54) is 17.3 Å². The van der Waals surface area contributed by atoms with Crippen LogP contribution in [0.4, 0.5) is 0 Å². The van der Waals surface area contributed by atoms with Crippen LogP contribution in [-0.2, 0) is 4.79 Å². The van der Waals surface area contributed by atoms with Crippen LogP contribution in [0.25, 0.3) is 0 Å². The van der Waals surface area contributed by atoms with E-state index >= 15 is 0 Å². The Morgan fingerprint density at radius 3 is 2.25 bits per heavy atom. The van der Waals surface area contributed by atoms with Crippen molar-refractivity contribution in [1.82, 2.24) is 15.4 Å². The fourth-order valence-electron chi connectivity index (χ4n) is 2.48. The first kappa shape index (κ1) is 18.1. The summed E-state index contributed by atoms with van der Waals surface area (Å²) in [6.45, 7) is 9.96. The number of hydrazone groups is 1. The Bertz CT molecular complexity index is 743. The van der Waals surface area contributed by atoms with Gasteiger partial charge in [0.1, 0.15) is 0 Å². The van der Waals surface area contributed by atoms with Gasteiger partial charge in [0, 0.05) is 17.0 Å². The molecule has 0 aliphatic heterocycles. The number of rotatable bonds is 5. The zero-order valence-corrected chi connectivity index (χ0v) is 15.5. The van der Waals surface area contributed by atoms with Gasteiger partial charge in [0.2, 0.25) is 0 Å². The molecule has 2 aromatic rings. The van der Waals surface area contributed by atoms with Gasteiger partial charge in [0.25, 0.3) is 5.91 Å². The lowest BCUT2D eigenvalue weighted by atomic mass is 10.0. The van der Waals surface area contributed by atoms with E-state index in [2.05, 4.69) is 39.6 Å². The van der Waals surface area contributed by atoms with E-state index in [-0.39, 0.29) is 11.7 Å². The van der Waals surface area contributed by atoms with Crippen molar-refractivity contribution in [3.63, 3.8) is 0 Å². The van der Waals surface area contributed by atoms with Crippen molar-refractivity contribution in [2.45, 2.75) is 39.8 Å². The first-order chi connectivity index (χ1) is 11.3. The Kier molecular flexibility index (Phi) is 6.09. The number of aromatic nitrogens is 2. The third-order valence-corrected chi connectivity index (χ3v) is 4.26. The highest BCUT2D eigenvalue weighted by Gasteiger charge is 2.06. The van der Waals surface area contributed by atoms with Crippen LogP contribution < -0.4 is 5.43 Å². The number of hydrogen-bond donors (Lipinski definition) is 1. The Labute approximate surface area is 147 Å². The molecule has 0 unspecified atom stereocenters. The highest BCUT2D eigenvalue weighted by Crippen LogP contribution is 2.15. The average molecular weight is 342 g/mol. The number of carbonyl (C=O) groups is 1. The van der Waals surface area contributed by atoms with Crippen molar-refractivity contribution in [1.29, 1.82) is 0 Å². The van der Waals surface area contributed by atoms with Gasteiger partial charge in [0.15, 0.2) is 5.16 Å². The van der Waals surface area contributed by atoms with Crippen LogP contribution >= 0.6 is 11.8 Å². The summed E-state index contributed by atoms with van der Waals surface area (Å²) in [5.41, 5.74) is 8.88. The molecule has 0 spiro atoms. The third kappa shape index (κ3) is 5.16. The lowest BCUT2D eigenvalue weighted by Crippen LogP contribution is -2.20. The number of amides is 1. The molecular formula is C18H22N4OS. The summed E-state index contributed by atoms with van der Waals surface area (Å²) in [4.78, 5) is 20.5. The molecule has 5 nitrogen and oxygen atoms in total. The van der Waals surface area contributed by atoms with Crippen LogP contribution in [0.3, 0.4) is 0 Å². The Hall–Kier alpha value is -2.21. The molecule has 2 rings (SSSR count). The van der Waals surface area contributed by atoms with Gasteiger partial charge in [-0.3, -0.25) is 4.79 Å². The average Bonchev–Trinajstić information content (AvgIpc) is 2.47. The van der Waals surface area contributed by atoms with Crippen molar-refractivity contribution in [3.05, 3.63) is 51.8 Å². The van der Waals surface area contributed by atoms with Gasteiger partial charge in [-0.05, 0) is 51.8 Å². The number of nitrogens with one attached hydrogen (secondary N) is 1. The van der Waals surface area contributed by atoms with Gasteiger partial charge in [-0.25, -0.2) is 15.4 Å². The molecule has 0 aliphatic carbocycles. The second-order valence-electron chi connectivity index (χ2n) is 5.83. The summed E-state index contributed by atoms with van der Waals surface area (Å²) in [5.74, 6) is 0.0490. The highest BCUT2D eigenvalue weighted by atomic mass is 32.2. The van der Waals surface area contributed by atoms with E-state index < -0.39 is 0 Å². The molecule has 1 heterocycles. The van der Waals surface area contributed by atoms with Crippen LogP contribution in [0.2, 0.25) is 0 Å². The largest absolute Gasteiger partial charge is 0.272 e. The fourth-order valence-corrected chi connectivity index (χ4v) is 3.23. The number of thioether (sulfide) groups is 1. The molecule has 0 saturated heterocycles. The molecule has 1 N–H and O–H groups in total. The number of aryl methyl sites for hydroxylation is 5. The second-order valence-corrected chi connectivity index (χ2v) is 6.77. The number of benzene rings is 1. The van der Waals surface area contributed by atoms with Crippen molar-refractivity contribution in [2.75, 3.05) is 5.75 Å². The minimum absolute atomic E-state index is 0.179. The summed E-state index contributed by atoms with van der Waals surface area (Å²) < 4.78 is 0. The van der Waals surface area contributed by atoms with Crippen molar-refractivity contribution < 1.29 is 4.79 Å². The van der Waals surface area contributed by atoms with Crippen LogP contribution in [-0.4, -0.2) is 27.8 Å². The fraction of sp³-hybridized carbons (Fsp3) is 0.333. The van der Waals surface area contributed by atoms with Crippen LogP contribution in [0.15, 0.2) is 28.5 Å². The lowest BCUT2D eigenvalue weighted by molar-refractivity contribution is -0.118. The van der Waals surface area contributed by atoms with Gasteiger partial charge in [-0.1, -0.05) is 29.5 Å². The molecule has 0 bridgehead atoms. The molecule has 0 atom stereocenters. The molecule has 6 heteroatoms. The predicted molar refractivity (Wildman–Crippen MR) is 98.6 cm³/mol. The maximum atomic E-state index is 11.9. The Morgan fingerprint density at radius 1 is 1.08 bits per heavy atom. The van der Waals surface area contributed by atoms with Crippen molar-refractivity contribution in [2.24, 2.45) is 5.10 Å². The molecule has 126 valence electrons. The number of nitrogens with zero attached hydrogens (tertiary/aromatic N) is 3. The molecule has 0 aliphatic rings. The summed E-state index contributed by atoms with van der Waals surface area (Å²) >= 11 is 1.30. The smallest absolute Gasteiger partial charge is 0.250 e. The minimum atomic E-state index is -0.179. The molecule has 0 radical (unpaired) electrons. The first-order valence-electron chi connectivity index (χ1n) is 7.70. The molecular weight excluding hydrogens is 320 g/mol. The molecule has 0 fully saturated rings. The normalized spacial score (nSPS) is 11.0. The number of hydrogen-bond acceptors (Lipinski definition) is 5.